The molecule has 0 aromatic rings. The summed E-state index contributed by atoms with van der Waals surface area (Å²) >= 11 is 0. The van der Waals surface area contributed by atoms with Crippen molar-refractivity contribution in [2.24, 2.45) is 4.99 Å². The van der Waals surface area contributed by atoms with Crippen LogP contribution in [0.1, 0.15) is 47.5 Å². The lowest BCUT2D eigenvalue weighted by molar-refractivity contribution is 0.307. The maximum Gasteiger partial charge on any atom is 0.134 e. The maximum absolute atomic E-state index is 8.55. The Bertz CT molecular complexity index is 776. The molecule has 0 aromatic carbocycles. The van der Waals surface area contributed by atoms with Gasteiger partial charge >= 0.3 is 0 Å². The first-order chi connectivity index (χ1) is 14.9. The third-order valence-corrected chi connectivity index (χ3v) is 5.73. The van der Waals surface area contributed by atoms with Crippen LogP contribution in [-0.4, -0.2) is 59.7 Å². The molecule has 6 nitrogen and oxygen atoms in total. The Balaban J connectivity index is 1.99. The zero-order valence-electron chi connectivity index (χ0n) is 19.9. The molecular formula is C25H40N6. The van der Waals surface area contributed by atoms with Crippen LogP contribution in [0.5, 0.6) is 0 Å². The Labute approximate surface area is 188 Å². The number of rotatable bonds is 9. The number of allylic oxidation sites excluding steroid dienone is 4. The van der Waals surface area contributed by atoms with Crippen molar-refractivity contribution in [1.29, 1.82) is 5.41 Å². The fraction of sp³-hybridized carbons (Fsp3) is 0.520. The summed E-state index contributed by atoms with van der Waals surface area (Å²) in [5, 5.41) is 15.4. The van der Waals surface area contributed by atoms with Crippen LogP contribution in [0, 0.1) is 5.41 Å². The summed E-state index contributed by atoms with van der Waals surface area (Å²) in [6.07, 6.45) is 14.1. The Morgan fingerprint density at radius 2 is 2.00 bits per heavy atom. The molecule has 0 radical (unpaired) electrons. The van der Waals surface area contributed by atoms with Crippen LogP contribution in [0.25, 0.3) is 0 Å². The Morgan fingerprint density at radius 3 is 2.61 bits per heavy atom. The molecule has 1 atom stereocenters. The SMILES string of the molecule is C=C/C=C(\C=C/C(C)N/C(C)=N/C=C1/C=C(C)N(C(CC)CC)C1=N)N1CCNCC1. The van der Waals surface area contributed by atoms with Gasteiger partial charge < -0.3 is 20.4 Å². The lowest BCUT2D eigenvalue weighted by Crippen LogP contribution is -2.42. The summed E-state index contributed by atoms with van der Waals surface area (Å²) < 4.78 is 0. The van der Waals surface area contributed by atoms with Gasteiger partial charge in [0.15, 0.2) is 0 Å². The molecule has 1 fully saturated rings. The molecule has 0 spiro atoms. The lowest BCUT2D eigenvalue weighted by atomic mass is 10.1. The summed E-state index contributed by atoms with van der Waals surface area (Å²) in [6.45, 7) is 18.4. The van der Waals surface area contributed by atoms with E-state index in [-0.39, 0.29) is 6.04 Å². The number of nitrogens with one attached hydrogen (secondary N) is 3. The third kappa shape index (κ3) is 6.96. The van der Waals surface area contributed by atoms with Gasteiger partial charge in [-0.2, -0.15) is 0 Å². The van der Waals surface area contributed by atoms with E-state index in [2.05, 4.69) is 84.0 Å². The van der Waals surface area contributed by atoms with Crippen molar-refractivity contribution in [3.8, 4) is 0 Å². The zero-order valence-corrected chi connectivity index (χ0v) is 19.9. The second-order valence-corrected chi connectivity index (χ2v) is 8.13. The van der Waals surface area contributed by atoms with Gasteiger partial charge in [-0.05, 0) is 51.8 Å². The van der Waals surface area contributed by atoms with Gasteiger partial charge in [-0.15, -0.1) is 0 Å². The minimum absolute atomic E-state index is 0.139. The number of hydrogen-bond acceptors (Lipinski definition) is 4. The van der Waals surface area contributed by atoms with Gasteiger partial charge in [0, 0.05) is 61.4 Å². The molecule has 2 aliphatic rings. The summed E-state index contributed by atoms with van der Waals surface area (Å²) in [6, 6.07) is 0.510. The molecule has 31 heavy (non-hydrogen) atoms. The number of amidine groups is 2. The van der Waals surface area contributed by atoms with E-state index >= 15 is 0 Å². The van der Waals surface area contributed by atoms with Crippen molar-refractivity contribution in [3.05, 3.63) is 60.1 Å². The van der Waals surface area contributed by atoms with Crippen molar-refractivity contribution in [2.75, 3.05) is 26.2 Å². The first-order valence-electron chi connectivity index (χ1n) is 11.4. The van der Waals surface area contributed by atoms with E-state index in [0.29, 0.717) is 11.9 Å². The summed E-state index contributed by atoms with van der Waals surface area (Å²) in [4.78, 5) is 9.08. The number of aliphatic imine (C=N–C) groups is 1. The Morgan fingerprint density at radius 1 is 1.32 bits per heavy atom. The number of hydrogen-bond donors (Lipinski definition) is 3. The Hall–Kier alpha value is -2.60. The molecular weight excluding hydrogens is 384 g/mol. The average molecular weight is 425 g/mol. The smallest absolute Gasteiger partial charge is 0.134 e. The quantitative estimate of drug-likeness (QED) is 0.295. The van der Waals surface area contributed by atoms with Gasteiger partial charge in [0.05, 0.1) is 5.84 Å². The maximum atomic E-state index is 8.55. The Kier molecular flexibility index (Phi) is 9.79. The molecule has 6 heteroatoms. The summed E-state index contributed by atoms with van der Waals surface area (Å²) in [5.41, 5.74) is 3.17. The van der Waals surface area contributed by atoms with Crippen molar-refractivity contribution in [2.45, 2.75) is 59.5 Å². The fourth-order valence-corrected chi connectivity index (χ4v) is 4.04. The van der Waals surface area contributed by atoms with E-state index in [1.165, 1.54) is 5.70 Å². The van der Waals surface area contributed by atoms with Crippen LogP contribution in [0.4, 0.5) is 0 Å². The van der Waals surface area contributed by atoms with E-state index < -0.39 is 0 Å². The van der Waals surface area contributed by atoms with Gasteiger partial charge in [0.2, 0.25) is 0 Å². The van der Waals surface area contributed by atoms with Crippen LogP contribution < -0.4 is 10.6 Å². The largest absolute Gasteiger partial charge is 0.369 e. The second kappa shape index (κ2) is 12.3. The van der Waals surface area contributed by atoms with Crippen molar-refractivity contribution in [3.63, 3.8) is 0 Å². The minimum Gasteiger partial charge on any atom is -0.369 e. The average Bonchev–Trinajstić information content (AvgIpc) is 3.05. The molecule has 1 unspecified atom stereocenters. The first-order valence-corrected chi connectivity index (χ1v) is 11.4. The van der Waals surface area contributed by atoms with Gasteiger partial charge in [-0.25, -0.2) is 4.99 Å². The van der Waals surface area contributed by atoms with E-state index in [0.717, 1.165) is 56.1 Å². The van der Waals surface area contributed by atoms with E-state index in [9.17, 15) is 0 Å². The highest BCUT2D eigenvalue weighted by Crippen LogP contribution is 2.26. The molecule has 0 bridgehead atoms. The number of piperazine rings is 1. The highest BCUT2D eigenvalue weighted by Gasteiger charge is 2.27. The van der Waals surface area contributed by atoms with E-state index in [1.54, 1.807) is 6.20 Å². The van der Waals surface area contributed by atoms with E-state index in [1.807, 2.05) is 13.0 Å². The minimum atomic E-state index is 0.139. The molecule has 0 saturated carbocycles. The highest BCUT2D eigenvalue weighted by molar-refractivity contribution is 6.02. The first kappa shape index (κ1) is 24.7. The van der Waals surface area contributed by atoms with Crippen LogP contribution in [0.15, 0.2) is 65.1 Å². The second-order valence-electron chi connectivity index (χ2n) is 8.13. The highest BCUT2D eigenvalue weighted by atomic mass is 15.2. The summed E-state index contributed by atoms with van der Waals surface area (Å²) in [5.74, 6) is 1.38. The van der Waals surface area contributed by atoms with Gasteiger partial charge in [0.1, 0.15) is 5.84 Å². The zero-order chi connectivity index (χ0) is 22.8. The van der Waals surface area contributed by atoms with Crippen molar-refractivity contribution >= 4 is 11.7 Å². The third-order valence-electron chi connectivity index (χ3n) is 5.73. The molecule has 0 aromatic heterocycles. The molecule has 0 aliphatic carbocycles. The van der Waals surface area contributed by atoms with E-state index in [4.69, 9.17) is 5.41 Å². The standard InChI is InChI=1S/C25H40N6/c1-7-10-24(30-15-13-27-14-16-30)12-11-19(4)29-21(6)28-18-22-17-20(5)31(25(22)26)23(8-2)9-3/h7,10-12,17-19,23,26-27H,1,8-9,13-16H2,2-6H3,(H,28,29)/b12-11-,22-18-,24-10+,26-25?. The van der Waals surface area contributed by atoms with Crippen molar-refractivity contribution < 1.29 is 0 Å². The molecule has 2 rings (SSSR count). The number of nitrogens with zero attached hydrogens (tertiary/aromatic N) is 3. The molecule has 2 heterocycles. The molecule has 3 N–H and O–H groups in total. The molecule has 0 amide bonds. The van der Waals surface area contributed by atoms with Crippen LogP contribution in [-0.2, 0) is 0 Å². The van der Waals surface area contributed by atoms with Crippen molar-refractivity contribution in [1.82, 2.24) is 20.4 Å². The monoisotopic (exact) mass is 424 g/mol. The predicted octanol–water partition coefficient (Wildman–Crippen LogP) is 4.18. The van der Waals surface area contributed by atoms with Crippen LogP contribution >= 0.6 is 0 Å². The lowest BCUT2D eigenvalue weighted by Gasteiger charge is -2.30. The summed E-state index contributed by atoms with van der Waals surface area (Å²) in [7, 11) is 0. The van der Waals surface area contributed by atoms with Crippen LogP contribution in [0.3, 0.4) is 0 Å². The molecule has 170 valence electrons. The van der Waals surface area contributed by atoms with Gasteiger partial charge in [0.25, 0.3) is 0 Å². The van der Waals surface area contributed by atoms with Gasteiger partial charge in [-0.1, -0.05) is 32.6 Å². The van der Waals surface area contributed by atoms with Crippen LogP contribution in [0.2, 0.25) is 0 Å². The molecule has 2 aliphatic heterocycles. The predicted molar refractivity (Wildman–Crippen MR) is 133 cm³/mol. The topological polar surface area (TPSA) is 66.8 Å². The normalized spacial score (nSPS) is 20.8. The fourth-order valence-electron chi connectivity index (χ4n) is 4.04. The molecule has 1 saturated heterocycles. The van der Waals surface area contributed by atoms with Gasteiger partial charge in [-0.3, -0.25) is 5.41 Å².